The van der Waals surface area contributed by atoms with Crippen molar-refractivity contribution in [2.45, 2.75) is 55.9 Å². The number of aromatic nitrogens is 2. The third-order valence-corrected chi connectivity index (χ3v) is 6.35. The number of benzene rings is 1. The van der Waals surface area contributed by atoms with Gasteiger partial charge in [0.15, 0.2) is 5.76 Å². The molecule has 0 amide bonds. The highest BCUT2D eigenvalue weighted by Crippen LogP contribution is 2.41. The first-order valence-electron chi connectivity index (χ1n) is 10.1. The zero-order valence-electron chi connectivity index (χ0n) is 17.5. The van der Waals surface area contributed by atoms with Crippen LogP contribution >= 0.6 is 0 Å². The topological polar surface area (TPSA) is 145 Å². The van der Waals surface area contributed by atoms with E-state index in [9.17, 15) is 13.5 Å². The maximum absolute atomic E-state index is 11.9. The van der Waals surface area contributed by atoms with Crippen LogP contribution in [0.3, 0.4) is 0 Å². The largest absolute Gasteiger partial charge is 0.390 e. The third kappa shape index (κ3) is 4.95. The van der Waals surface area contributed by atoms with E-state index in [1.807, 2.05) is 12.1 Å². The summed E-state index contributed by atoms with van der Waals surface area (Å²) in [7, 11) is -3.89. The molecule has 0 unspecified atom stereocenters. The zero-order chi connectivity index (χ0) is 22.4. The van der Waals surface area contributed by atoms with Crippen molar-refractivity contribution in [1.82, 2.24) is 10.1 Å². The third-order valence-electron chi connectivity index (χ3n) is 5.43. The molecular weight excluding hydrogens is 416 g/mol. The molecule has 0 radical (unpaired) electrons. The van der Waals surface area contributed by atoms with E-state index in [0.29, 0.717) is 47.0 Å². The van der Waals surface area contributed by atoms with Crippen LogP contribution in [0.25, 0.3) is 22.5 Å². The Bertz CT molecular complexity index is 1220. The van der Waals surface area contributed by atoms with Gasteiger partial charge in [-0.25, -0.2) is 18.5 Å². The van der Waals surface area contributed by atoms with Gasteiger partial charge in [0.1, 0.15) is 5.82 Å². The van der Waals surface area contributed by atoms with Crippen molar-refractivity contribution in [1.29, 1.82) is 0 Å². The van der Waals surface area contributed by atoms with Crippen molar-refractivity contribution in [2.75, 3.05) is 5.73 Å². The molecule has 1 aliphatic carbocycles. The van der Waals surface area contributed by atoms with E-state index < -0.39 is 15.6 Å². The summed E-state index contributed by atoms with van der Waals surface area (Å²) in [5.41, 5.74) is 8.93. The summed E-state index contributed by atoms with van der Waals surface area (Å²) < 4.78 is 29.4. The highest BCUT2D eigenvalue weighted by molar-refractivity contribution is 7.89. The minimum absolute atomic E-state index is 0.00330. The van der Waals surface area contributed by atoms with Gasteiger partial charge in [0, 0.05) is 23.7 Å². The lowest BCUT2D eigenvalue weighted by Crippen LogP contribution is -2.19. The molecule has 2 aromatic heterocycles. The Balaban J connectivity index is 1.79. The summed E-state index contributed by atoms with van der Waals surface area (Å²) in [6.07, 6.45) is 4.83. The number of rotatable bonds is 7. The van der Waals surface area contributed by atoms with Gasteiger partial charge in [-0.3, -0.25) is 0 Å². The average Bonchev–Trinajstić information content (AvgIpc) is 3.43. The smallest absolute Gasteiger partial charge is 0.238 e. The quantitative estimate of drug-likeness (QED) is 0.509. The van der Waals surface area contributed by atoms with Crippen LogP contribution in [0.5, 0.6) is 0 Å². The SMILES string of the molecule is CC(C)(O)CCc1ccc(S(N)(=O)=O)cc1-c1cnc(N)c(-c2cc(C3CC3)no2)c1. The molecule has 4 rings (SSSR count). The molecule has 2 heterocycles. The van der Waals surface area contributed by atoms with Crippen molar-refractivity contribution in [3.05, 3.63) is 47.8 Å². The van der Waals surface area contributed by atoms with Gasteiger partial charge in [0.2, 0.25) is 10.0 Å². The Hall–Kier alpha value is -2.75. The Kier molecular flexibility index (Phi) is 5.36. The first-order valence-corrected chi connectivity index (χ1v) is 11.7. The number of nitrogen functional groups attached to an aromatic ring is 1. The average molecular weight is 443 g/mol. The van der Waals surface area contributed by atoms with Gasteiger partial charge < -0.3 is 15.4 Å². The monoisotopic (exact) mass is 442 g/mol. The fourth-order valence-electron chi connectivity index (χ4n) is 3.47. The highest BCUT2D eigenvalue weighted by atomic mass is 32.2. The molecule has 0 spiro atoms. The van der Waals surface area contributed by atoms with Crippen molar-refractivity contribution in [3.8, 4) is 22.5 Å². The Labute approximate surface area is 181 Å². The van der Waals surface area contributed by atoms with Crippen LogP contribution in [0.4, 0.5) is 5.82 Å². The summed E-state index contributed by atoms with van der Waals surface area (Å²) in [5, 5.41) is 19.6. The summed E-state index contributed by atoms with van der Waals surface area (Å²) >= 11 is 0. The fourth-order valence-corrected chi connectivity index (χ4v) is 4.01. The van der Waals surface area contributed by atoms with E-state index in [0.717, 1.165) is 24.1 Å². The van der Waals surface area contributed by atoms with Crippen LogP contribution in [0.2, 0.25) is 0 Å². The lowest BCUT2D eigenvalue weighted by Gasteiger charge is -2.19. The molecule has 0 bridgehead atoms. The van der Waals surface area contributed by atoms with E-state index in [1.165, 1.54) is 12.1 Å². The van der Waals surface area contributed by atoms with Gasteiger partial charge in [-0.1, -0.05) is 11.2 Å². The molecule has 0 atom stereocenters. The number of nitrogens with zero attached hydrogens (tertiary/aromatic N) is 2. The highest BCUT2D eigenvalue weighted by Gasteiger charge is 2.28. The Morgan fingerprint density at radius 2 is 1.94 bits per heavy atom. The molecule has 31 heavy (non-hydrogen) atoms. The van der Waals surface area contributed by atoms with Crippen LogP contribution in [0.1, 0.15) is 50.3 Å². The van der Waals surface area contributed by atoms with Crippen molar-refractivity contribution in [3.63, 3.8) is 0 Å². The number of hydrogen-bond acceptors (Lipinski definition) is 7. The van der Waals surface area contributed by atoms with Crippen molar-refractivity contribution < 1.29 is 18.0 Å². The number of primary sulfonamides is 1. The number of anilines is 1. The number of sulfonamides is 1. The van der Waals surface area contributed by atoms with E-state index in [1.54, 1.807) is 26.1 Å². The molecule has 0 saturated heterocycles. The molecule has 8 nitrogen and oxygen atoms in total. The van der Waals surface area contributed by atoms with E-state index in [-0.39, 0.29) is 4.90 Å². The first-order chi connectivity index (χ1) is 14.5. The molecule has 5 N–H and O–H groups in total. The van der Waals surface area contributed by atoms with Crippen LogP contribution in [-0.4, -0.2) is 29.3 Å². The minimum Gasteiger partial charge on any atom is -0.390 e. The lowest BCUT2D eigenvalue weighted by molar-refractivity contribution is 0.0714. The van der Waals surface area contributed by atoms with Crippen LogP contribution in [0.15, 0.2) is 45.9 Å². The van der Waals surface area contributed by atoms with Crippen LogP contribution < -0.4 is 10.9 Å². The summed E-state index contributed by atoms with van der Waals surface area (Å²) in [6.45, 7) is 3.46. The van der Waals surface area contributed by atoms with Gasteiger partial charge in [0.05, 0.1) is 21.8 Å². The Morgan fingerprint density at radius 1 is 1.19 bits per heavy atom. The lowest BCUT2D eigenvalue weighted by atomic mass is 9.92. The van der Waals surface area contributed by atoms with Gasteiger partial charge in [-0.15, -0.1) is 0 Å². The number of hydrogen-bond donors (Lipinski definition) is 3. The number of nitrogens with two attached hydrogens (primary N) is 2. The molecule has 1 aromatic carbocycles. The predicted molar refractivity (Wildman–Crippen MR) is 118 cm³/mol. The van der Waals surface area contributed by atoms with Crippen LogP contribution in [-0.2, 0) is 16.4 Å². The van der Waals surface area contributed by atoms with Crippen LogP contribution in [0, 0.1) is 0 Å². The minimum atomic E-state index is -3.89. The number of pyridine rings is 1. The van der Waals surface area contributed by atoms with Crippen molar-refractivity contribution in [2.24, 2.45) is 5.14 Å². The van der Waals surface area contributed by atoms with Gasteiger partial charge >= 0.3 is 0 Å². The molecular formula is C22H26N4O4S. The zero-order valence-corrected chi connectivity index (χ0v) is 18.3. The van der Waals surface area contributed by atoms with Crippen molar-refractivity contribution >= 4 is 15.8 Å². The Morgan fingerprint density at radius 3 is 2.58 bits per heavy atom. The summed E-state index contributed by atoms with van der Waals surface area (Å²) in [5.74, 6) is 1.26. The molecule has 0 aliphatic heterocycles. The molecule has 1 fully saturated rings. The van der Waals surface area contributed by atoms with E-state index in [4.69, 9.17) is 15.4 Å². The van der Waals surface area contributed by atoms with Gasteiger partial charge in [-0.2, -0.15) is 0 Å². The second kappa shape index (κ2) is 7.74. The first kappa shape index (κ1) is 21.5. The normalized spacial score (nSPS) is 14.7. The maximum Gasteiger partial charge on any atom is 0.238 e. The molecule has 3 aromatic rings. The van der Waals surface area contributed by atoms with E-state index in [2.05, 4.69) is 10.1 Å². The maximum atomic E-state index is 11.9. The summed E-state index contributed by atoms with van der Waals surface area (Å²) in [4.78, 5) is 4.31. The molecule has 1 saturated carbocycles. The predicted octanol–water partition coefficient (Wildman–Crippen LogP) is 3.21. The molecule has 9 heteroatoms. The second-order valence-electron chi connectivity index (χ2n) is 8.72. The molecule has 164 valence electrons. The van der Waals surface area contributed by atoms with Gasteiger partial charge in [0.25, 0.3) is 0 Å². The molecule has 1 aliphatic rings. The number of aryl methyl sites for hydroxylation is 1. The standard InChI is InChI=1S/C22H26N4O4S/c1-22(2,27)8-7-13-5-6-16(31(24,28)29)10-17(13)15-9-18(21(23)25-12-15)20-11-19(26-30-20)14-3-4-14/h5-6,9-12,14,27H,3-4,7-8H2,1-2H3,(H2,23,25)(H2,24,28,29). The summed E-state index contributed by atoms with van der Waals surface area (Å²) in [6, 6.07) is 8.42. The van der Waals surface area contributed by atoms with Gasteiger partial charge in [-0.05, 0) is 68.9 Å². The van der Waals surface area contributed by atoms with E-state index >= 15 is 0 Å². The second-order valence-corrected chi connectivity index (χ2v) is 10.3. The fraction of sp³-hybridized carbons (Fsp3) is 0.364. The number of aliphatic hydroxyl groups is 1.